The number of fused-ring (bicyclic) bond motifs is 1. The van der Waals surface area contributed by atoms with Crippen LogP contribution in [0, 0.1) is 13.8 Å². The summed E-state index contributed by atoms with van der Waals surface area (Å²) in [4.78, 5) is 13.0. The average Bonchev–Trinajstić information content (AvgIpc) is 2.38. The lowest BCUT2D eigenvalue weighted by molar-refractivity contribution is 1.19. The van der Waals surface area contributed by atoms with E-state index in [4.69, 9.17) is 5.73 Å². The quantitative estimate of drug-likeness (QED) is 0.721. The molecule has 0 fully saturated rings. The number of aromatic nitrogens is 3. The third kappa shape index (κ3) is 2.01. The molecule has 0 aromatic carbocycles. The predicted octanol–water partition coefficient (Wildman–Crippen LogP) is 2.89. The average molecular weight is 250 g/mol. The topological polar surface area (TPSA) is 64.7 Å². The van der Waals surface area contributed by atoms with E-state index in [9.17, 15) is 0 Å². The molecule has 2 N–H and O–H groups in total. The minimum absolute atomic E-state index is 0.484. The van der Waals surface area contributed by atoms with E-state index in [0.29, 0.717) is 11.5 Å². The molecular formula is C15H14N4. The van der Waals surface area contributed by atoms with Crippen molar-refractivity contribution < 1.29 is 0 Å². The molecule has 3 rings (SSSR count). The second-order valence-electron chi connectivity index (χ2n) is 4.61. The van der Waals surface area contributed by atoms with Gasteiger partial charge in [-0.25, -0.2) is 9.97 Å². The van der Waals surface area contributed by atoms with Gasteiger partial charge in [0.05, 0.1) is 0 Å². The van der Waals surface area contributed by atoms with E-state index in [2.05, 4.69) is 21.9 Å². The summed E-state index contributed by atoms with van der Waals surface area (Å²) in [6.07, 6.45) is 3.53. The monoisotopic (exact) mass is 250 g/mol. The highest BCUT2D eigenvalue weighted by molar-refractivity contribution is 5.88. The van der Waals surface area contributed by atoms with E-state index in [0.717, 1.165) is 27.8 Å². The molecule has 94 valence electrons. The molecule has 0 spiro atoms. The van der Waals surface area contributed by atoms with Gasteiger partial charge in [0.15, 0.2) is 5.65 Å². The first-order valence-electron chi connectivity index (χ1n) is 6.10. The number of pyridine rings is 3. The number of aryl methyl sites for hydroxylation is 2. The molecule has 3 aromatic heterocycles. The van der Waals surface area contributed by atoms with Crippen LogP contribution < -0.4 is 5.73 Å². The molecule has 0 aliphatic rings. The van der Waals surface area contributed by atoms with Crippen molar-refractivity contribution >= 4 is 16.9 Å². The van der Waals surface area contributed by atoms with Crippen LogP contribution in [0.5, 0.6) is 0 Å². The summed E-state index contributed by atoms with van der Waals surface area (Å²) in [5.74, 6) is 0.484. The molecule has 0 aliphatic carbocycles. The molecule has 0 unspecified atom stereocenters. The van der Waals surface area contributed by atoms with Crippen LogP contribution in [0.2, 0.25) is 0 Å². The molecule has 0 amide bonds. The predicted molar refractivity (Wildman–Crippen MR) is 76.7 cm³/mol. The van der Waals surface area contributed by atoms with Crippen LogP contribution in [-0.4, -0.2) is 15.0 Å². The fourth-order valence-corrected chi connectivity index (χ4v) is 2.24. The van der Waals surface area contributed by atoms with Crippen molar-refractivity contribution in [1.29, 1.82) is 0 Å². The van der Waals surface area contributed by atoms with Crippen LogP contribution in [-0.2, 0) is 0 Å². The number of hydrogen-bond acceptors (Lipinski definition) is 4. The van der Waals surface area contributed by atoms with Gasteiger partial charge in [-0.1, -0.05) is 6.07 Å². The Morgan fingerprint density at radius 3 is 2.68 bits per heavy atom. The van der Waals surface area contributed by atoms with E-state index < -0.39 is 0 Å². The van der Waals surface area contributed by atoms with Gasteiger partial charge in [-0.15, -0.1) is 0 Å². The van der Waals surface area contributed by atoms with Crippen LogP contribution in [0.4, 0.5) is 5.82 Å². The number of nitrogen functional groups attached to an aromatic ring is 1. The molecule has 0 atom stereocenters. The zero-order valence-electron chi connectivity index (χ0n) is 10.9. The maximum Gasteiger partial charge on any atom is 0.162 e. The first kappa shape index (κ1) is 11.6. The SMILES string of the molecule is Cc1cc(C)c2cc(-c3cccnc3)c(N)nc2n1. The van der Waals surface area contributed by atoms with Crippen LogP contribution in [0.15, 0.2) is 36.7 Å². The van der Waals surface area contributed by atoms with Crippen molar-refractivity contribution in [2.75, 3.05) is 5.73 Å². The third-order valence-corrected chi connectivity index (χ3v) is 3.14. The summed E-state index contributed by atoms with van der Waals surface area (Å²) in [5, 5.41) is 1.03. The van der Waals surface area contributed by atoms with Crippen molar-refractivity contribution in [3.05, 3.63) is 47.9 Å². The summed E-state index contributed by atoms with van der Waals surface area (Å²) in [6, 6.07) is 7.95. The first-order chi connectivity index (χ1) is 9.15. The molecule has 0 radical (unpaired) electrons. The lowest BCUT2D eigenvalue weighted by Gasteiger charge is -2.09. The van der Waals surface area contributed by atoms with Gasteiger partial charge in [-0.3, -0.25) is 4.98 Å². The normalized spacial score (nSPS) is 10.8. The lowest BCUT2D eigenvalue weighted by atomic mass is 10.0. The fourth-order valence-electron chi connectivity index (χ4n) is 2.24. The van der Waals surface area contributed by atoms with Gasteiger partial charge in [0.25, 0.3) is 0 Å². The highest BCUT2D eigenvalue weighted by Crippen LogP contribution is 2.28. The summed E-state index contributed by atoms with van der Waals surface area (Å²) in [7, 11) is 0. The summed E-state index contributed by atoms with van der Waals surface area (Å²) >= 11 is 0. The lowest BCUT2D eigenvalue weighted by Crippen LogP contribution is -1.98. The largest absolute Gasteiger partial charge is 0.383 e. The highest BCUT2D eigenvalue weighted by atomic mass is 14.9. The Morgan fingerprint density at radius 2 is 1.95 bits per heavy atom. The number of nitrogens with zero attached hydrogens (tertiary/aromatic N) is 3. The fraction of sp³-hybridized carbons (Fsp3) is 0.133. The Labute approximate surface area is 111 Å². The summed E-state index contributed by atoms with van der Waals surface area (Å²) in [6.45, 7) is 4.02. The highest BCUT2D eigenvalue weighted by Gasteiger charge is 2.09. The smallest absolute Gasteiger partial charge is 0.162 e. The zero-order valence-corrected chi connectivity index (χ0v) is 10.9. The zero-order chi connectivity index (χ0) is 13.4. The Balaban J connectivity index is 2.31. The van der Waals surface area contributed by atoms with Gasteiger partial charge in [-0.2, -0.15) is 0 Å². The Bertz CT molecular complexity index is 751. The van der Waals surface area contributed by atoms with E-state index >= 15 is 0 Å². The Hall–Kier alpha value is -2.49. The molecule has 0 saturated carbocycles. The van der Waals surface area contributed by atoms with Crippen molar-refractivity contribution in [2.45, 2.75) is 13.8 Å². The second-order valence-corrected chi connectivity index (χ2v) is 4.61. The summed E-state index contributed by atoms with van der Waals surface area (Å²) < 4.78 is 0. The maximum atomic E-state index is 6.04. The Morgan fingerprint density at radius 1 is 1.11 bits per heavy atom. The van der Waals surface area contributed by atoms with Gasteiger partial charge in [0.1, 0.15) is 5.82 Å². The van der Waals surface area contributed by atoms with Crippen LogP contribution in [0.25, 0.3) is 22.2 Å². The number of nitrogens with two attached hydrogens (primary N) is 1. The van der Waals surface area contributed by atoms with Crippen LogP contribution in [0.3, 0.4) is 0 Å². The van der Waals surface area contributed by atoms with Crippen molar-refractivity contribution in [3.8, 4) is 11.1 Å². The molecule has 0 bridgehead atoms. The van der Waals surface area contributed by atoms with Gasteiger partial charge < -0.3 is 5.73 Å². The molecule has 4 nitrogen and oxygen atoms in total. The van der Waals surface area contributed by atoms with Crippen LogP contribution in [0.1, 0.15) is 11.3 Å². The van der Waals surface area contributed by atoms with Gasteiger partial charge in [-0.05, 0) is 37.6 Å². The summed E-state index contributed by atoms with van der Waals surface area (Å²) in [5.41, 5.74) is 10.7. The van der Waals surface area contributed by atoms with Gasteiger partial charge >= 0.3 is 0 Å². The van der Waals surface area contributed by atoms with E-state index in [1.807, 2.05) is 31.2 Å². The number of hydrogen-bond donors (Lipinski definition) is 1. The van der Waals surface area contributed by atoms with Crippen molar-refractivity contribution in [3.63, 3.8) is 0 Å². The van der Waals surface area contributed by atoms with Crippen molar-refractivity contribution in [1.82, 2.24) is 15.0 Å². The number of rotatable bonds is 1. The second kappa shape index (κ2) is 4.31. The molecule has 0 saturated heterocycles. The Kier molecular flexibility index (Phi) is 2.63. The van der Waals surface area contributed by atoms with E-state index in [1.165, 1.54) is 0 Å². The molecule has 4 heteroatoms. The molecule has 19 heavy (non-hydrogen) atoms. The van der Waals surface area contributed by atoms with E-state index in [1.54, 1.807) is 12.4 Å². The third-order valence-electron chi connectivity index (χ3n) is 3.14. The standard InChI is InChI=1S/C15H14N4/c1-9-6-10(2)18-15-12(9)7-13(14(16)19-15)11-4-3-5-17-8-11/h3-8H,1-2H3,(H2,16,18,19). The van der Waals surface area contributed by atoms with Crippen LogP contribution >= 0.6 is 0 Å². The molecule has 0 aliphatic heterocycles. The minimum Gasteiger partial charge on any atom is -0.383 e. The van der Waals surface area contributed by atoms with E-state index in [-0.39, 0.29) is 0 Å². The van der Waals surface area contributed by atoms with Gasteiger partial charge in [0.2, 0.25) is 0 Å². The number of anilines is 1. The van der Waals surface area contributed by atoms with Gasteiger partial charge in [0, 0.05) is 34.6 Å². The first-order valence-corrected chi connectivity index (χ1v) is 6.10. The van der Waals surface area contributed by atoms with Crippen molar-refractivity contribution in [2.24, 2.45) is 0 Å². The molecule has 3 heterocycles. The maximum absolute atomic E-state index is 6.04. The molecular weight excluding hydrogens is 236 g/mol. The molecule has 3 aromatic rings. The minimum atomic E-state index is 0.484.